The minimum atomic E-state index is -0.761. The van der Waals surface area contributed by atoms with E-state index in [0.717, 1.165) is 10.6 Å². The van der Waals surface area contributed by atoms with Crippen LogP contribution in [0.5, 0.6) is 0 Å². The number of esters is 1. The van der Waals surface area contributed by atoms with Crippen molar-refractivity contribution in [1.82, 2.24) is 5.32 Å². The Morgan fingerprint density at radius 1 is 1.24 bits per heavy atom. The number of carbonyl (C=O) groups excluding carboxylic acids is 2. The van der Waals surface area contributed by atoms with Crippen molar-refractivity contribution in [2.24, 2.45) is 0 Å². The SMILES string of the molecule is CCOC(=O)C1=C(C)NC2=C(C(=O)C[C@@H](c3cccs3)C2)[C@@H]1c1ccccc1F. The molecular formula is C23H22FNO3S. The Morgan fingerprint density at radius 2 is 2.03 bits per heavy atom. The Morgan fingerprint density at radius 3 is 2.72 bits per heavy atom. The molecule has 0 unspecified atom stereocenters. The Kier molecular flexibility index (Phi) is 5.37. The molecule has 0 spiro atoms. The molecule has 0 bridgehead atoms. The van der Waals surface area contributed by atoms with E-state index in [1.54, 1.807) is 43.4 Å². The molecule has 150 valence electrons. The van der Waals surface area contributed by atoms with Gasteiger partial charge in [0, 0.05) is 39.7 Å². The molecule has 1 aliphatic heterocycles. The molecule has 2 aromatic rings. The summed E-state index contributed by atoms with van der Waals surface area (Å²) in [5.41, 5.74) is 2.50. The third-order valence-electron chi connectivity index (χ3n) is 5.48. The number of rotatable bonds is 4. The summed E-state index contributed by atoms with van der Waals surface area (Å²) in [6, 6.07) is 10.3. The maximum absolute atomic E-state index is 14.8. The predicted molar refractivity (Wildman–Crippen MR) is 110 cm³/mol. The van der Waals surface area contributed by atoms with E-state index in [-0.39, 0.29) is 18.3 Å². The fourth-order valence-corrected chi connectivity index (χ4v) is 5.09. The standard InChI is InChI=1S/C23H22FNO3S/c1-3-28-23(27)20-13(2)25-17-11-14(19-9-6-10-29-19)12-18(26)22(17)21(20)15-7-4-5-8-16(15)24/h4-10,14,21,25H,3,11-12H2,1-2H3/t14-,21+/m0/s1. The fraction of sp³-hybridized carbons (Fsp3) is 0.304. The lowest BCUT2D eigenvalue weighted by Crippen LogP contribution is -2.36. The van der Waals surface area contributed by atoms with Crippen molar-refractivity contribution in [2.75, 3.05) is 6.61 Å². The summed E-state index contributed by atoms with van der Waals surface area (Å²) in [5.74, 6) is -1.69. The smallest absolute Gasteiger partial charge is 0.336 e. The van der Waals surface area contributed by atoms with Crippen LogP contribution in [-0.2, 0) is 14.3 Å². The predicted octanol–water partition coefficient (Wildman–Crippen LogP) is 4.81. The molecule has 6 heteroatoms. The molecule has 1 aromatic carbocycles. The average molecular weight is 411 g/mol. The van der Waals surface area contributed by atoms with Gasteiger partial charge in [0.2, 0.25) is 0 Å². The lowest BCUT2D eigenvalue weighted by atomic mass is 9.72. The number of benzene rings is 1. The molecule has 2 heterocycles. The zero-order chi connectivity index (χ0) is 20.5. The quantitative estimate of drug-likeness (QED) is 0.734. The Bertz CT molecular complexity index is 1020. The first kappa shape index (κ1) is 19.6. The van der Waals surface area contributed by atoms with Gasteiger partial charge in [-0.1, -0.05) is 24.3 Å². The first-order chi connectivity index (χ1) is 14.0. The first-order valence-corrected chi connectivity index (χ1v) is 10.6. The Hall–Kier alpha value is -2.73. The number of carbonyl (C=O) groups is 2. The van der Waals surface area contributed by atoms with E-state index in [1.807, 2.05) is 17.5 Å². The van der Waals surface area contributed by atoms with Crippen molar-refractivity contribution in [3.05, 3.63) is 80.6 Å². The monoisotopic (exact) mass is 411 g/mol. The minimum absolute atomic E-state index is 0.0558. The van der Waals surface area contributed by atoms with E-state index < -0.39 is 17.7 Å². The van der Waals surface area contributed by atoms with Crippen LogP contribution in [0.4, 0.5) is 4.39 Å². The van der Waals surface area contributed by atoms with Crippen LogP contribution in [0.1, 0.15) is 49.0 Å². The van der Waals surface area contributed by atoms with Crippen LogP contribution in [-0.4, -0.2) is 18.4 Å². The number of hydrogen-bond acceptors (Lipinski definition) is 5. The van der Waals surface area contributed by atoms with E-state index in [4.69, 9.17) is 4.74 Å². The van der Waals surface area contributed by atoms with Gasteiger partial charge in [0.25, 0.3) is 0 Å². The molecule has 2 atom stereocenters. The van der Waals surface area contributed by atoms with Gasteiger partial charge < -0.3 is 10.1 Å². The third kappa shape index (κ3) is 3.53. The molecule has 0 saturated carbocycles. The van der Waals surface area contributed by atoms with Gasteiger partial charge in [0.15, 0.2) is 5.78 Å². The normalized spacial score (nSPS) is 21.7. The summed E-state index contributed by atoms with van der Waals surface area (Å²) >= 11 is 1.63. The van der Waals surface area contributed by atoms with Crippen LogP contribution < -0.4 is 5.32 Å². The van der Waals surface area contributed by atoms with Crippen LogP contribution in [0.3, 0.4) is 0 Å². The molecule has 0 saturated heterocycles. The van der Waals surface area contributed by atoms with Crippen molar-refractivity contribution >= 4 is 23.1 Å². The van der Waals surface area contributed by atoms with Gasteiger partial charge in [-0.05, 0) is 37.8 Å². The Labute approximate surface area is 173 Å². The minimum Gasteiger partial charge on any atom is -0.463 e. The zero-order valence-electron chi connectivity index (χ0n) is 16.3. The van der Waals surface area contributed by atoms with Crippen molar-refractivity contribution < 1.29 is 18.7 Å². The number of ether oxygens (including phenoxy) is 1. The first-order valence-electron chi connectivity index (χ1n) is 9.70. The fourth-order valence-electron chi connectivity index (χ4n) is 4.26. The van der Waals surface area contributed by atoms with E-state index in [2.05, 4.69) is 5.32 Å². The van der Waals surface area contributed by atoms with Gasteiger partial charge in [-0.2, -0.15) is 0 Å². The van der Waals surface area contributed by atoms with Crippen molar-refractivity contribution in [1.29, 1.82) is 0 Å². The Balaban J connectivity index is 1.83. The van der Waals surface area contributed by atoms with Crippen molar-refractivity contribution in [3.8, 4) is 0 Å². The summed E-state index contributed by atoms with van der Waals surface area (Å²) in [4.78, 5) is 27.2. The number of thiophene rings is 1. The van der Waals surface area contributed by atoms with Crippen LogP contribution >= 0.6 is 11.3 Å². The number of hydrogen-bond donors (Lipinski definition) is 1. The van der Waals surface area contributed by atoms with Crippen LogP contribution in [0.25, 0.3) is 0 Å². The molecule has 4 rings (SSSR count). The zero-order valence-corrected chi connectivity index (χ0v) is 17.1. The molecule has 1 aliphatic carbocycles. The molecule has 29 heavy (non-hydrogen) atoms. The summed E-state index contributed by atoms with van der Waals surface area (Å²) < 4.78 is 20.0. The molecule has 4 nitrogen and oxygen atoms in total. The van der Waals surface area contributed by atoms with Crippen LogP contribution in [0.2, 0.25) is 0 Å². The van der Waals surface area contributed by atoms with Gasteiger partial charge in [0.1, 0.15) is 5.82 Å². The van der Waals surface area contributed by atoms with E-state index >= 15 is 0 Å². The molecular weight excluding hydrogens is 389 g/mol. The van der Waals surface area contributed by atoms with Gasteiger partial charge >= 0.3 is 5.97 Å². The summed E-state index contributed by atoms with van der Waals surface area (Å²) in [6.45, 7) is 3.72. The largest absolute Gasteiger partial charge is 0.463 e. The van der Waals surface area contributed by atoms with Crippen LogP contribution in [0, 0.1) is 5.82 Å². The second-order valence-corrected chi connectivity index (χ2v) is 8.25. The second kappa shape index (κ2) is 7.95. The number of dihydropyridines is 1. The van der Waals surface area contributed by atoms with E-state index in [9.17, 15) is 14.0 Å². The van der Waals surface area contributed by atoms with E-state index in [1.165, 1.54) is 6.07 Å². The third-order valence-corrected chi connectivity index (χ3v) is 6.52. The van der Waals surface area contributed by atoms with Crippen molar-refractivity contribution in [2.45, 2.75) is 38.5 Å². The molecule has 1 N–H and O–H groups in total. The van der Waals surface area contributed by atoms with Gasteiger partial charge in [-0.15, -0.1) is 11.3 Å². The molecule has 2 aliphatic rings. The highest BCUT2D eigenvalue weighted by atomic mass is 32.1. The topological polar surface area (TPSA) is 55.4 Å². The molecule has 0 radical (unpaired) electrons. The number of ketones is 1. The van der Waals surface area contributed by atoms with Crippen LogP contribution in [0.15, 0.2) is 64.3 Å². The number of nitrogens with one attached hydrogen (secondary N) is 1. The van der Waals surface area contributed by atoms with Gasteiger partial charge in [0.05, 0.1) is 18.1 Å². The van der Waals surface area contributed by atoms with Gasteiger partial charge in [-0.3, -0.25) is 4.79 Å². The highest BCUT2D eigenvalue weighted by molar-refractivity contribution is 7.10. The highest BCUT2D eigenvalue weighted by Gasteiger charge is 2.42. The summed E-state index contributed by atoms with van der Waals surface area (Å²) in [5, 5.41) is 5.27. The number of halogens is 1. The molecule has 1 aromatic heterocycles. The van der Waals surface area contributed by atoms with E-state index in [0.29, 0.717) is 35.2 Å². The maximum Gasteiger partial charge on any atom is 0.336 e. The summed E-state index contributed by atoms with van der Waals surface area (Å²) in [6.07, 6.45) is 1.00. The lowest BCUT2D eigenvalue weighted by Gasteiger charge is -2.36. The van der Waals surface area contributed by atoms with Crippen molar-refractivity contribution in [3.63, 3.8) is 0 Å². The molecule has 0 fully saturated rings. The highest BCUT2D eigenvalue weighted by Crippen LogP contribution is 2.46. The maximum atomic E-state index is 14.8. The lowest BCUT2D eigenvalue weighted by molar-refractivity contribution is -0.138. The number of Topliss-reactive ketones (excluding diaryl/α,β-unsaturated/α-hetero) is 1. The van der Waals surface area contributed by atoms with Gasteiger partial charge in [-0.25, -0.2) is 9.18 Å². The number of allylic oxidation sites excluding steroid dienone is 3. The second-order valence-electron chi connectivity index (χ2n) is 7.27. The molecule has 0 amide bonds. The summed E-state index contributed by atoms with van der Waals surface area (Å²) in [7, 11) is 0. The average Bonchev–Trinajstić information content (AvgIpc) is 3.22.